The first-order valence-corrected chi connectivity index (χ1v) is 10.3. The van der Waals surface area contributed by atoms with Gasteiger partial charge in [-0.3, -0.25) is 9.47 Å². The van der Waals surface area contributed by atoms with Crippen LogP contribution in [-0.2, 0) is 13.1 Å². The first-order valence-electron chi connectivity index (χ1n) is 10.3. The van der Waals surface area contributed by atoms with Gasteiger partial charge in [-0.15, -0.1) is 10.2 Å². The Hall–Kier alpha value is -3.00. The lowest BCUT2D eigenvalue weighted by Crippen LogP contribution is -2.34. The predicted octanol–water partition coefficient (Wildman–Crippen LogP) is 3.14. The number of hydrogen-bond donors (Lipinski definition) is 0. The van der Waals surface area contributed by atoms with E-state index in [0.29, 0.717) is 5.92 Å². The zero-order valence-corrected chi connectivity index (χ0v) is 17.3. The largest absolute Gasteiger partial charge is 0.497 e. The number of rotatable bonds is 3. The summed E-state index contributed by atoms with van der Waals surface area (Å²) in [6, 6.07) is 9.43. The van der Waals surface area contributed by atoms with E-state index < -0.39 is 0 Å². The lowest BCUT2D eigenvalue weighted by atomic mass is 9.95. The van der Waals surface area contributed by atoms with E-state index in [9.17, 15) is 4.39 Å². The van der Waals surface area contributed by atoms with Crippen molar-refractivity contribution in [1.82, 2.24) is 24.6 Å². The van der Waals surface area contributed by atoms with Crippen molar-refractivity contribution in [2.45, 2.75) is 31.8 Å². The van der Waals surface area contributed by atoms with Gasteiger partial charge in [0.2, 0.25) is 0 Å². The molecule has 0 amide bonds. The molecule has 0 bridgehead atoms. The second kappa shape index (κ2) is 7.68. The number of hydrogen-bond acceptors (Lipinski definition) is 6. The van der Waals surface area contributed by atoms with Crippen LogP contribution in [0.5, 0.6) is 5.75 Å². The minimum Gasteiger partial charge on any atom is -0.497 e. The molecule has 156 valence electrons. The highest BCUT2D eigenvalue weighted by atomic mass is 19.1. The van der Waals surface area contributed by atoms with Gasteiger partial charge in [0, 0.05) is 25.6 Å². The van der Waals surface area contributed by atoms with Crippen molar-refractivity contribution in [1.29, 1.82) is 0 Å². The van der Waals surface area contributed by atoms with Gasteiger partial charge in [0.15, 0.2) is 5.82 Å². The van der Waals surface area contributed by atoms with Crippen molar-refractivity contribution in [2.24, 2.45) is 0 Å². The molecule has 0 spiro atoms. The standard InChI is InChI=1S/C22H25FN6O/c1-27-13-16-11-18(30-2)4-5-19(16)29-21(14-27)25-26-22(29)15-7-9-28(10-8-15)20-6-3-17(23)12-24-20/h3-6,11-12,15H,7-10,13-14H2,1-2H3. The first kappa shape index (κ1) is 19.0. The van der Waals surface area contributed by atoms with Crippen LogP contribution in [0, 0.1) is 5.82 Å². The van der Waals surface area contributed by atoms with Crippen LogP contribution >= 0.6 is 0 Å². The predicted molar refractivity (Wildman–Crippen MR) is 111 cm³/mol. The Morgan fingerprint density at radius 2 is 1.90 bits per heavy atom. The minimum absolute atomic E-state index is 0.306. The van der Waals surface area contributed by atoms with E-state index in [1.54, 1.807) is 13.2 Å². The fourth-order valence-electron chi connectivity index (χ4n) is 4.50. The molecule has 2 aliphatic rings. The molecular formula is C22H25FN6O. The Balaban J connectivity index is 1.43. The van der Waals surface area contributed by atoms with Crippen LogP contribution in [-0.4, -0.2) is 51.9 Å². The van der Waals surface area contributed by atoms with Gasteiger partial charge in [-0.05, 0) is 55.8 Å². The molecule has 1 fully saturated rings. The average Bonchev–Trinajstić information content (AvgIpc) is 3.11. The molecule has 0 saturated carbocycles. The molecule has 1 saturated heterocycles. The molecular weight excluding hydrogens is 383 g/mol. The Morgan fingerprint density at radius 1 is 1.07 bits per heavy atom. The maximum Gasteiger partial charge on any atom is 0.151 e. The number of piperidine rings is 1. The highest BCUT2D eigenvalue weighted by Gasteiger charge is 2.29. The number of ether oxygens (including phenoxy) is 1. The smallest absolute Gasteiger partial charge is 0.151 e. The monoisotopic (exact) mass is 408 g/mol. The molecule has 5 rings (SSSR count). The topological polar surface area (TPSA) is 59.3 Å². The van der Waals surface area contributed by atoms with Crippen molar-refractivity contribution in [3.8, 4) is 11.4 Å². The number of methoxy groups -OCH3 is 1. The molecule has 8 heteroatoms. The van der Waals surface area contributed by atoms with Crippen LogP contribution in [0.25, 0.3) is 5.69 Å². The van der Waals surface area contributed by atoms with Gasteiger partial charge in [-0.25, -0.2) is 9.37 Å². The Morgan fingerprint density at radius 3 is 2.63 bits per heavy atom. The Bertz CT molecular complexity index is 1040. The van der Waals surface area contributed by atoms with Gasteiger partial charge >= 0.3 is 0 Å². The lowest BCUT2D eigenvalue weighted by Gasteiger charge is -2.32. The summed E-state index contributed by atoms with van der Waals surface area (Å²) in [6.45, 7) is 3.31. The molecule has 3 aromatic rings. The summed E-state index contributed by atoms with van der Waals surface area (Å²) in [5, 5.41) is 9.16. The van der Waals surface area contributed by atoms with Crippen LogP contribution in [0.2, 0.25) is 0 Å². The number of anilines is 1. The van der Waals surface area contributed by atoms with Crippen molar-refractivity contribution in [3.05, 3.63) is 59.6 Å². The van der Waals surface area contributed by atoms with Gasteiger partial charge in [-0.2, -0.15) is 0 Å². The summed E-state index contributed by atoms with van der Waals surface area (Å²) in [7, 11) is 3.79. The van der Waals surface area contributed by atoms with Crippen LogP contribution in [0.1, 0.15) is 36.0 Å². The van der Waals surface area contributed by atoms with E-state index >= 15 is 0 Å². The van der Waals surface area contributed by atoms with Crippen LogP contribution in [0.15, 0.2) is 36.5 Å². The van der Waals surface area contributed by atoms with Gasteiger partial charge < -0.3 is 9.64 Å². The highest BCUT2D eigenvalue weighted by molar-refractivity contribution is 5.48. The third-order valence-electron chi connectivity index (χ3n) is 6.03. The quantitative estimate of drug-likeness (QED) is 0.664. The summed E-state index contributed by atoms with van der Waals surface area (Å²) < 4.78 is 20.9. The Labute approximate surface area is 175 Å². The van der Waals surface area contributed by atoms with Gasteiger partial charge in [0.25, 0.3) is 0 Å². The van der Waals surface area contributed by atoms with Gasteiger partial charge in [0.1, 0.15) is 23.2 Å². The lowest BCUT2D eigenvalue weighted by molar-refractivity contribution is 0.314. The molecule has 1 aromatic carbocycles. The number of benzene rings is 1. The van der Waals surface area contributed by atoms with Crippen molar-refractivity contribution in [3.63, 3.8) is 0 Å². The average molecular weight is 408 g/mol. The number of fused-ring (bicyclic) bond motifs is 3. The number of pyridine rings is 1. The summed E-state index contributed by atoms with van der Waals surface area (Å²) >= 11 is 0. The third kappa shape index (κ3) is 3.41. The fourth-order valence-corrected chi connectivity index (χ4v) is 4.50. The molecule has 0 atom stereocenters. The highest BCUT2D eigenvalue weighted by Crippen LogP contribution is 2.34. The summed E-state index contributed by atoms with van der Waals surface area (Å²) in [6.07, 6.45) is 3.19. The fraction of sp³-hybridized carbons (Fsp3) is 0.409. The Kier molecular flexibility index (Phi) is 4.86. The second-order valence-electron chi connectivity index (χ2n) is 8.07. The van der Waals surface area contributed by atoms with Gasteiger partial charge in [-0.1, -0.05) is 0 Å². The van der Waals surface area contributed by atoms with E-state index in [1.165, 1.54) is 17.8 Å². The zero-order valence-electron chi connectivity index (χ0n) is 17.3. The maximum absolute atomic E-state index is 13.2. The van der Waals surface area contributed by atoms with Gasteiger partial charge in [0.05, 0.1) is 25.5 Å². The second-order valence-corrected chi connectivity index (χ2v) is 8.07. The molecule has 4 heterocycles. The molecule has 0 radical (unpaired) electrons. The summed E-state index contributed by atoms with van der Waals surface area (Å²) in [5.74, 6) is 3.70. The van der Waals surface area contributed by atoms with E-state index in [4.69, 9.17) is 4.74 Å². The summed E-state index contributed by atoms with van der Waals surface area (Å²) in [4.78, 5) is 8.69. The minimum atomic E-state index is -0.306. The SMILES string of the molecule is COc1ccc2c(c1)CN(C)Cc1nnc(C3CCN(c4ccc(F)cn4)CC3)n1-2. The zero-order chi connectivity index (χ0) is 20.7. The van der Waals surface area contributed by atoms with Crippen LogP contribution in [0.4, 0.5) is 10.2 Å². The van der Waals surface area contributed by atoms with Crippen molar-refractivity contribution < 1.29 is 9.13 Å². The third-order valence-corrected chi connectivity index (χ3v) is 6.03. The normalized spacial score (nSPS) is 17.4. The molecule has 0 aliphatic carbocycles. The number of aromatic nitrogens is 4. The molecule has 7 nitrogen and oxygen atoms in total. The first-order chi connectivity index (χ1) is 14.6. The van der Waals surface area contributed by atoms with Crippen molar-refractivity contribution >= 4 is 5.82 Å². The molecule has 30 heavy (non-hydrogen) atoms. The molecule has 2 aliphatic heterocycles. The van der Waals surface area contributed by atoms with E-state index in [0.717, 1.165) is 67.9 Å². The maximum atomic E-state index is 13.2. The van der Waals surface area contributed by atoms with Crippen LogP contribution < -0.4 is 9.64 Å². The molecule has 0 unspecified atom stereocenters. The van der Waals surface area contributed by atoms with Crippen LogP contribution in [0.3, 0.4) is 0 Å². The number of halogens is 1. The van der Waals surface area contributed by atoms with E-state index in [2.05, 4.69) is 48.7 Å². The summed E-state index contributed by atoms with van der Waals surface area (Å²) in [5.41, 5.74) is 2.35. The number of nitrogens with zero attached hydrogens (tertiary/aromatic N) is 6. The molecule has 2 aromatic heterocycles. The van der Waals surface area contributed by atoms with Crippen molar-refractivity contribution in [2.75, 3.05) is 32.1 Å². The van der Waals surface area contributed by atoms with E-state index in [-0.39, 0.29) is 5.82 Å². The van der Waals surface area contributed by atoms with E-state index in [1.807, 2.05) is 6.07 Å². The molecule has 0 N–H and O–H groups in total.